The largest absolute Gasteiger partial charge is 0.476 e. The summed E-state index contributed by atoms with van der Waals surface area (Å²) in [5, 5.41) is 4.52. The summed E-state index contributed by atoms with van der Waals surface area (Å²) in [5.41, 5.74) is 0.933. The van der Waals surface area contributed by atoms with Crippen molar-refractivity contribution in [3.63, 3.8) is 0 Å². The Labute approximate surface area is 140 Å². The monoisotopic (exact) mass is 333 g/mol. The number of carbonyl (C=O) groups is 1. The standard InChI is InChI=1S/C17H20ClN3O2/c1-16(2)12(17(16,3)4)10-23-14-7-8-21(20-14)13-6-5-11(9-22)15(18)19-13/h5-9,12H,10H2,1-4H3. The fraction of sp³-hybridized carbons (Fsp3) is 0.471. The zero-order valence-electron chi connectivity index (χ0n) is 13.7. The van der Waals surface area contributed by atoms with Gasteiger partial charge in [-0.25, -0.2) is 9.67 Å². The van der Waals surface area contributed by atoms with Crippen molar-refractivity contribution in [2.75, 3.05) is 6.61 Å². The van der Waals surface area contributed by atoms with Gasteiger partial charge in [-0.1, -0.05) is 39.3 Å². The van der Waals surface area contributed by atoms with Crippen LogP contribution >= 0.6 is 11.6 Å². The van der Waals surface area contributed by atoms with E-state index in [1.165, 1.54) is 0 Å². The van der Waals surface area contributed by atoms with Crippen molar-refractivity contribution in [2.24, 2.45) is 16.7 Å². The Morgan fingerprint density at radius 3 is 2.52 bits per heavy atom. The van der Waals surface area contributed by atoms with Crippen molar-refractivity contribution in [1.29, 1.82) is 0 Å². The fourth-order valence-corrected chi connectivity index (χ4v) is 3.28. The van der Waals surface area contributed by atoms with Crippen LogP contribution in [0.15, 0.2) is 24.4 Å². The molecule has 1 saturated carbocycles. The van der Waals surface area contributed by atoms with Crippen LogP contribution in [0, 0.1) is 16.7 Å². The van der Waals surface area contributed by atoms with E-state index >= 15 is 0 Å². The smallest absolute Gasteiger partial charge is 0.233 e. The molecule has 0 spiro atoms. The second-order valence-electron chi connectivity index (χ2n) is 7.07. The molecule has 1 fully saturated rings. The number of aromatic nitrogens is 3. The van der Waals surface area contributed by atoms with Crippen molar-refractivity contribution in [1.82, 2.24) is 14.8 Å². The van der Waals surface area contributed by atoms with Gasteiger partial charge in [0.15, 0.2) is 12.1 Å². The molecule has 23 heavy (non-hydrogen) atoms. The first-order valence-electron chi connectivity index (χ1n) is 7.58. The molecule has 0 radical (unpaired) electrons. The van der Waals surface area contributed by atoms with Gasteiger partial charge in [0.05, 0.1) is 12.2 Å². The lowest BCUT2D eigenvalue weighted by Gasteiger charge is -2.05. The normalized spacial score (nSPS) is 18.7. The number of hydrogen-bond donors (Lipinski definition) is 0. The number of ether oxygens (including phenoxy) is 1. The molecular formula is C17H20ClN3O2. The zero-order chi connectivity index (χ0) is 16.8. The van der Waals surface area contributed by atoms with Crippen molar-refractivity contribution in [3.8, 4) is 11.7 Å². The quantitative estimate of drug-likeness (QED) is 0.617. The summed E-state index contributed by atoms with van der Waals surface area (Å²) in [6, 6.07) is 5.11. The van der Waals surface area contributed by atoms with Crippen molar-refractivity contribution < 1.29 is 9.53 Å². The van der Waals surface area contributed by atoms with Gasteiger partial charge in [0.2, 0.25) is 5.88 Å². The lowest BCUT2D eigenvalue weighted by atomic mass is 10.0. The predicted octanol–water partition coefficient (Wildman–Crippen LogP) is 3.79. The molecule has 0 unspecified atom stereocenters. The van der Waals surface area contributed by atoms with Crippen LogP contribution in [0.25, 0.3) is 5.82 Å². The van der Waals surface area contributed by atoms with Crippen LogP contribution in [0.1, 0.15) is 38.1 Å². The van der Waals surface area contributed by atoms with Crippen LogP contribution in [0.5, 0.6) is 5.88 Å². The first-order valence-corrected chi connectivity index (χ1v) is 7.96. The molecule has 122 valence electrons. The van der Waals surface area contributed by atoms with Crippen LogP contribution in [0.3, 0.4) is 0 Å². The summed E-state index contributed by atoms with van der Waals surface area (Å²) in [5.74, 6) is 1.61. The fourth-order valence-electron chi connectivity index (χ4n) is 3.08. The third kappa shape index (κ3) is 2.63. The van der Waals surface area contributed by atoms with E-state index in [1.54, 1.807) is 29.1 Å². The molecule has 0 amide bonds. The van der Waals surface area contributed by atoms with Gasteiger partial charge in [0, 0.05) is 18.2 Å². The van der Waals surface area contributed by atoms with Crippen molar-refractivity contribution in [2.45, 2.75) is 27.7 Å². The third-order valence-electron chi connectivity index (χ3n) is 5.51. The topological polar surface area (TPSA) is 57.0 Å². The van der Waals surface area contributed by atoms with Gasteiger partial charge in [0.1, 0.15) is 5.15 Å². The predicted molar refractivity (Wildman–Crippen MR) is 88.3 cm³/mol. The summed E-state index contributed by atoms with van der Waals surface area (Å²) < 4.78 is 7.41. The molecule has 3 rings (SSSR count). The molecule has 2 aromatic heterocycles. The number of halogens is 1. The molecule has 1 aliphatic rings. The first-order chi connectivity index (χ1) is 10.8. The molecule has 1 aliphatic carbocycles. The average molecular weight is 334 g/mol. The van der Waals surface area contributed by atoms with Gasteiger partial charge in [-0.2, -0.15) is 0 Å². The summed E-state index contributed by atoms with van der Waals surface area (Å²) in [4.78, 5) is 14.9. The highest BCUT2D eigenvalue weighted by atomic mass is 35.5. The zero-order valence-corrected chi connectivity index (χ0v) is 14.5. The Morgan fingerprint density at radius 1 is 1.26 bits per heavy atom. The number of rotatable bonds is 5. The molecule has 2 aromatic rings. The van der Waals surface area contributed by atoms with Gasteiger partial charge >= 0.3 is 0 Å². The van der Waals surface area contributed by atoms with E-state index in [2.05, 4.69) is 37.8 Å². The molecule has 0 aromatic carbocycles. The minimum atomic E-state index is 0.164. The van der Waals surface area contributed by atoms with Crippen LogP contribution in [-0.4, -0.2) is 27.7 Å². The molecule has 2 heterocycles. The van der Waals surface area contributed by atoms with Crippen molar-refractivity contribution in [3.05, 3.63) is 35.1 Å². The molecule has 0 saturated heterocycles. The van der Waals surface area contributed by atoms with Crippen LogP contribution < -0.4 is 4.74 Å². The van der Waals surface area contributed by atoms with E-state index in [1.807, 2.05) is 0 Å². The molecule has 6 heteroatoms. The van der Waals surface area contributed by atoms with Gasteiger partial charge in [-0.15, -0.1) is 5.10 Å². The van der Waals surface area contributed by atoms with E-state index < -0.39 is 0 Å². The summed E-state index contributed by atoms with van der Waals surface area (Å²) in [7, 11) is 0. The molecule has 0 aliphatic heterocycles. The number of nitrogens with zero attached hydrogens (tertiary/aromatic N) is 3. The SMILES string of the molecule is CC1(C)C(COc2ccn(-c3ccc(C=O)c(Cl)n3)n2)C1(C)C. The van der Waals surface area contributed by atoms with E-state index in [9.17, 15) is 4.79 Å². The van der Waals surface area contributed by atoms with Gasteiger partial charge in [-0.05, 0) is 23.0 Å². The van der Waals surface area contributed by atoms with E-state index in [0.29, 0.717) is 36.1 Å². The van der Waals surface area contributed by atoms with Gasteiger partial charge in [0.25, 0.3) is 0 Å². The van der Waals surface area contributed by atoms with E-state index in [4.69, 9.17) is 16.3 Å². The Hall–Kier alpha value is -1.88. The van der Waals surface area contributed by atoms with E-state index in [0.717, 1.165) is 0 Å². The highest BCUT2D eigenvalue weighted by molar-refractivity contribution is 6.31. The minimum absolute atomic E-state index is 0.164. The summed E-state index contributed by atoms with van der Waals surface area (Å²) in [6.07, 6.45) is 2.44. The second-order valence-corrected chi connectivity index (χ2v) is 7.43. The number of hydrogen-bond acceptors (Lipinski definition) is 4. The maximum atomic E-state index is 10.8. The summed E-state index contributed by atoms with van der Waals surface area (Å²) >= 11 is 5.95. The number of carbonyl (C=O) groups excluding carboxylic acids is 1. The number of aldehydes is 1. The molecule has 0 bridgehead atoms. The van der Waals surface area contributed by atoms with E-state index in [-0.39, 0.29) is 16.0 Å². The Bertz CT molecular complexity index is 738. The molecule has 0 N–H and O–H groups in total. The molecular weight excluding hydrogens is 314 g/mol. The van der Waals surface area contributed by atoms with Gasteiger partial charge < -0.3 is 4.74 Å². The maximum Gasteiger partial charge on any atom is 0.233 e. The van der Waals surface area contributed by atoms with Crippen LogP contribution in [0.2, 0.25) is 5.15 Å². The lowest BCUT2D eigenvalue weighted by molar-refractivity contribution is 0.112. The maximum absolute atomic E-state index is 10.8. The first kappa shape index (κ1) is 16.0. The highest BCUT2D eigenvalue weighted by Gasteiger charge is 2.64. The third-order valence-corrected chi connectivity index (χ3v) is 5.81. The summed E-state index contributed by atoms with van der Waals surface area (Å²) in [6.45, 7) is 9.70. The van der Waals surface area contributed by atoms with Crippen LogP contribution in [-0.2, 0) is 0 Å². The Balaban J connectivity index is 1.69. The van der Waals surface area contributed by atoms with Crippen LogP contribution in [0.4, 0.5) is 0 Å². The Morgan fingerprint density at radius 2 is 1.96 bits per heavy atom. The second kappa shape index (κ2) is 5.34. The van der Waals surface area contributed by atoms with Crippen molar-refractivity contribution >= 4 is 17.9 Å². The minimum Gasteiger partial charge on any atom is -0.476 e. The Kier molecular flexibility index (Phi) is 3.71. The highest BCUT2D eigenvalue weighted by Crippen LogP contribution is 2.68. The van der Waals surface area contributed by atoms with Gasteiger partial charge in [-0.3, -0.25) is 4.79 Å². The molecule has 0 atom stereocenters. The average Bonchev–Trinajstić information content (AvgIpc) is 2.86. The number of pyridine rings is 1. The lowest BCUT2D eigenvalue weighted by Crippen LogP contribution is -2.06. The molecule has 5 nitrogen and oxygen atoms in total.